The monoisotopic (exact) mass is 549 g/mol. The number of aromatic amines is 1. The van der Waals surface area contributed by atoms with Crippen molar-refractivity contribution >= 4 is 28.8 Å². The van der Waals surface area contributed by atoms with Gasteiger partial charge in [0.2, 0.25) is 11.9 Å². The number of amides is 1. The maximum Gasteiger partial charge on any atom is 0.226 e. The molecule has 0 aliphatic heterocycles. The van der Waals surface area contributed by atoms with E-state index in [4.69, 9.17) is 4.98 Å². The Morgan fingerprint density at radius 3 is 2.75 bits per heavy atom. The number of hydrogen-bond acceptors (Lipinski definition) is 10. The van der Waals surface area contributed by atoms with Crippen molar-refractivity contribution in [2.24, 2.45) is 0 Å². The van der Waals surface area contributed by atoms with E-state index in [0.717, 1.165) is 11.3 Å². The number of aliphatic hydroxyl groups is 3. The Bertz CT molecular complexity index is 1400. The van der Waals surface area contributed by atoms with E-state index in [0.29, 0.717) is 48.7 Å². The van der Waals surface area contributed by atoms with Gasteiger partial charge >= 0.3 is 0 Å². The second-order valence-electron chi connectivity index (χ2n) is 10.00. The molecule has 3 heterocycles. The summed E-state index contributed by atoms with van der Waals surface area (Å²) in [5, 5.41) is 41.1. The van der Waals surface area contributed by atoms with Crippen LogP contribution in [-0.2, 0) is 17.6 Å². The molecule has 212 valence electrons. The summed E-state index contributed by atoms with van der Waals surface area (Å²) < 4.78 is 1.72. The van der Waals surface area contributed by atoms with E-state index in [-0.39, 0.29) is 25.0 Å². The third-order valence-electron chi connectivity index (χ3n) is 7.22. The van der Waals surface area contributed by atoms with E-state index >= 15 is 0 Å². The Labute approximate surface area is 231 Å². The van der Waals surface area contributed by atoms with E-state index in [2.05, 4.69) is 35.9 Å². The minimum absolute atomic E-state index is 0.129. The number of aromatic nitrogens is 6. The average Bonchev–Trinajstić information content (AvgIpc) is 3.70. The molecule has 3 aromatic heterocycles. The fourth-order valence-electron chi connectivity index (χ4n) is 5.06. The van der Waals surface area contributed by atoms with Gasteiger partial charge in [-0.3, -0.25) is 4.79 Å². The second-order valence-corrected chi connectivity index (χ2v) is 10.00. The third kappa shape index (κ3) is 6.06. The number of rotatable bonds is 12. The van der Waals surface area contributed by atoms with Crippen molar-refractivity contribution in [3.05, 3.63) is 60.4 Å². The molecular weight excluding hydrogens is 514 g/mol. The molecule has 1 saturated carbocycles. The van der Waals surface area contributed by atoms with Gasteiger partial charge in [0.15, 0.2) is 17.0 Å². The highest BCUT2D eigenvalue weighted by Gasteiger charge is 2.43. The molecule has 1 aliphatic rings. The van der Waals surface area contributed by atoms with Crippen LogP contribution in [0, 0.1) is 0 Å². The SMILES string of the molecule is CCC(=O)N[C@H]1C[C@@H](n2cnc3c(N[C@H](CO)Cc4ccccc4)nc(NCCc4cnc[nH]4)nc32)[C@H](O)[C@@H]1O. The molecular formula is C27H35N9O4. The summed E-state index contributed by atoms with van der Waals surface area (Å²) in [6.07, 6.45) is 4.50. The van der Waals surface area contributed by atoms with Gasteiger partial charge in [-0.25, -0.2) is 9.97 Å². The van der Waals surface area contributed by atoms with Crippen molar-refractivity contribution in [2.75, 3.05) is 23.8 Å². The lowest BCUT2D eigenvalue weighted by molar-refractivity contribution is -0.122. The van der Waals surface area contributed by atoms with Gasteiger partial charge < -0.3 is 40.8 Å². The number of carbonyl (C=O) groups is 1. The van der Waals surface area contributed by atoms with Gasteiger partial charge in [0.25, 0.3) is 0 Å². The number of H-pyrrole nitrogens is 1. The maximum atomic E-state index is 12.0. The average molecular weight is 550 g/mol. The number of imidazole rings is 2. The van der Waals surface area contributed by atoms with Gasteiger partial charge in [-0.05, 0) is 18.4 Å². The Morgan fingerprint density at radius 2 is 2.02 bits per heavy atom. The Balaban J connectivity index is 1.44. The van der Waals surface area contributed by atoms with Crippen LogP contribution in [0.2, 0.25) is 0 Å². The third-order valence-corrected chi connectivity index (χ3v) is 7.22. The van der Waals surface area contributed by atoms with Crippen LogP contribution in [0.25, 0.3) is 11.2 Å². The second kappa shape index (κ2) is 12.4. The quantitative estimate of drug-likeness (QED) is 0.133. The molecule has 0 radical (unpaired) electrons. The first-order valence-corrected chi connectivity index (χ1v) is 13.5. The number of benzene rings is 1. The summed E-state index contributed by atoms with van der Waals surface area (Å²) in [7, 11) is 0. The van der Waals surface area contributed by atoms with E-state index in [1.807, 2.05) is 30.3 Å². The van der Waals surface area contributed by atoms with Gasteiger partial charge in [-0.1, -0.05) is 37.3 Å². The molecule has 0 spiro atoms. The molecule has 0 unspecified atom stereocenters. The van der Waals surface area contributed by atoms with Gasteiger partial charge in [0.05, 0.1) is 37.4 Å². The summed E-state index contributed by atoms with van der Waals surface area (Å²) in [5.41, 5.74) is 2.94. The maximum absolute atomic E-state index is 12.0. The van der Waals surface area contributed by atoms with Crippen molar-refractivity contribution in [2.45, 2.75) is 62.9 Å². The molecule has 13 nitrogen and oxygen atoms in total. The van der Waals surface area contributed by atoms with Crippen molar-refractivity contribution in [3.8, 4) is 0 Å². The highest BCUT2D eigenvalue weighted by molar-refractivity contribution is 5.84. The molecule has 0 bridgehead atoms. The largest absolute Gasteiger partial charge is 0.394 e. The van der Waals surface area contributed by atoms with E-state index in [1.165, 1.54) is 0 Å². The number of nitrogens with one attached hydrogen (secondary N) is 4. The number of nitrogens with zero attached hydrogens (tertiary/aromatic N) is 5. The summed E-state index contributed by atoms with van der Waals surface area (Å²) in [6, 6.07) is 8.34. The van der Waals surface area contributed by atoms with Crippen LogP contribution in [-0.4, -0.2) is 88.2 Å². The molecule has 7 N–H and O–H groups in total. The number of hydrogen-bond donors (Lipinski definition) is 7. The van der Waals surface area contributed by atoms with Gasteiger partial charge in [0.1, 0.15) is 12.2 Å². The molecule has 0 saturated heterocycles. The van der Waals surface area contributed by atoms with Crippen LogP contribution in [0.15, 0.2) is 49.2 Å². The van der Waals surface area contributed by atoms with Crippen LogP contribution >= 0.6 is 0 Å². The molecule has 1 aromatic carbocycles. The number of fused-ring (bicyclic) bond motifs is 1. The van der Waals surface area contributed by atoms with Gasteiger partial charge in [-0.2, -0.15) is 9.97 Å². The fourth-order valence-corrected chi connectivity index (χ4v) is 5.06. The highest BCUT2D eigenvalue weighted by Crippen LogP contribution is 2.34. The summed E-state index contributed by atoms with van der Waals surface area (Å²) in [5.74, 6) is 0.585. The van der Waals surface area contributed by atoms with Gasteiger partial charge in [-0.15, -0.1) is 0 Å². The predicted octanol–water partition coefficient (Wildman–Crippen LogP) is 0.781. The molecule has 5 atom stereocenters. The predicted molar refractivity (Wildman–Crippen MR) is 149 cm³/mol. The van der Waals surface area contributed by atoms with Crippen LogP contribution in [0.1, 0.15) is 37.1 Å². The minimum atomic E-state index is -1.13. The fraction of sp³-hybridized carbons (Fsp3) is 0.444. The minimum Gasteiger partial charge on any atom is -0.394 e. The summed E-state index contributed by atoms with van der Waals surface area (Å²) in [6.45, 7) is 2.14. The van der Waals surface area contributed by atoms with Crippen LogP contribution < -0.4 is 16.0 Å². The van der Waals surface area contributed by atoms with Crippen molar-refractivity contribution in [1.82, 2.24) is 34.8 Å². The number of carbonyl (C=O) groups excluding carboxylic acids is 1. The van der Waals surface area contributed by atoms with Crippen LogP contribution in [0.4, 0.5) is 11.8 Å². The van der Waals surface area contributed by atoms with E-state index in [1.54, 1.807) is 30.3 Å². The van der Waals surface area contributed by atoms with Gasteiger partial charge in [0, 0.05) is 31.3 Å². The number of aliphatic hydroxyl groups excluding tert-OH is 3. The van der Waals surface area contributed by atoms with Crippen LogP contribution in [0.5, 0.6) is 0 Å². The van der Waals surface area contributed by atoms with E-state index < -0.39 is 24.3 Å². The first-order valence-electron chi connectivity index (χ1n) is 13.5. The first kappa shape index (κ1) is 27.5. The standard InChI is InChI=1S/C27H35N9O4/c1-2-21(38)33-19-11-20(24(40)23(19)39)36-15-31-22-25(32-18(13-37)10-16-6-4-3-5-7-16)34-27(35-26(22)36)29-9-8-17-12-28-14-30-17/h3-7,12,14-15,18-20,23-24,37,39-40H,2,8-11,13H2,1H3,(H,28,30)(H,33,38)(H2,29,32,34,35)/t18-,19-,20+,23+,24-/m0/s1. The number of anilines is 2. The molecule has 5 rings (SSSR count). The Hall–Kier alpha value is -4.07. The zero-order valence-corrected chi connectivity index (χ0v) is 22.2. The molecule has 1 aliphatic carbocycles. The summed E-state index contributed by atoms with van der Waals surface area (Å²) >= 11 is 0. The molecule has 13 heteroatoms. The molecule has 1 fully saturated rings. The van der Waals surface area contributed by atoms with Crippen molar-refractivity contribution < 1.29 is 20.1 Å². The normalized spacial score (nSPS) is 21.4. The lowest BCUT2D eigenvalue weighted by Crippen LogP contribution is -2.42. The van der Waals surface area contributed by atoms with Crippen molar-refractivity contribution in [1.29, 1.82) is 0 Å². The smallest absolute Gasteiger partial charge is 0.226 e. The Morgan fingerprint density at radius 1 is 1.20 bits per heavy atom. The zero-order valence-electron chi connectivity index (χ0n) is 22.2. The molecule has 40 heavy (non-hydrogen) atoms. The molecule has 1 amide bonds. The van der Waals surface area contributed by atoms with Crippen molar-refractivity contribution in [3.63, 3.8) is 0 Å². The highest BCUT2D eigenvalue weighted by atomic mass is 16.3. The zero-order chi connectivity index (χ0) is 28.1. The topological polar surface area (TPSA) is 186 Å². The summed E-state index contributed by atoms with van der Waals surface area (Å²) in [4.78, 5) is 33.0. The van der Waals surface area contributed by atoms with Crippen LogP contribution in [0.3, 0.4) is 0 Å². The lowest BCUT2D eigenvalue weighted by Gasteiger charge is -2.20. The Kier molecular flexibility index (Phi) is 8.53. The van der Waals surface area contributed by atoms with E-state index in [9.17, 15) is 20.1 Å². The molecule has 4 aromatic rings. The lowest BCUT2D eigenvalue weighted by atomic mass is 10.1. The first-order chi connectivity index (χ1) is 19.5.